The topological polar surface area (TPSA) is 58.6 Å². The quantitative estimate of drug-likeness (QED) is 0.635. The van der Waals surface area contributed by atoms with Crippen molar-refractivity contribution in [3.05, 3.63) is 89.2 Å². The normalized spacial score (nSPS) is 19.2. The number of nitrogens with zero attached hydrogens (tertiary/aromatic N) is 1. The molecule has 168 valence electrons. The molecular formula is C27H25FN2O3. The first-order valence-electron chi connectivity index (χ1n) is 11.2. The van der Waals surface area contributed by atoms with Crippen molar-refractivity contribution in [3.8, 4) is 16.9 Å². The zero-order valence-corrected chi connectivity index (χ0v) is 18.4. The van der Waals surface area contributed by atoms with Crippen LogP contribution in [0.25, 0.3) is 11.1 Å². The third-order valence-corrected chi connectivity index (χ3v) is 6.47. The van der Waals surface area contributed by atoms with Gasteiger partial charge in [-0.1, -0.05) is 30.3 Å². The van der Waals surface area contributed by atoms with Gasteiger partial charge in [-0.3, -0.25) is 9.59 Å². The number of ether oxygens (including phenoxy) is 1. The third kappa shape index (κ3) is 3.97. The Morgan fingerprint density at radius 2 is 1.70 bits per heavy atom. The van der Waals surface area contributed by atoms with Gasteiger partial charge in [0.05, 0.1) is 0 Å². The lowest BCUT2D eigenvalue weighted by Crippen LogP contribution is -2.28. The van der Waals surface area contributed by atoms with Gasteiger partial charge in [0.2, 0.25) is 5.91 Å². The predicted molar refractivity (Wildman–Crippen MR) is 124 cm³/mol. The second kappa shape index (κ2) is 8.70. The molecule has 2 aliphatic rings. The van der Waals surface area contributed by atoms with Crippen LogP contribution in [-0.4, -0.2) is 36.9 Å². The number of carbonyl (C=O) groups is 2. The number of hydrogen-bond acceptors (Lipinski definition) is 3. The summed E-state index contributed by atoms with van der Waals surface area (Å²) in [6.07, 6.45) is 1.55. The lowest BCUT2D eigenvalue weighted by atomic mass is 9.88. The van der Waals surface area contributed by atoms with Crippen LogP contribution < -0.4 is 10.1 Å². The third-order valence-electron chi connectivity index (χ3n) is 6.47. The number of likely N-dealkylation sites (N-methyl/N-ethyl adjacent to an activating group) is 1. The molecule has 3 aromatic rings. The van der Waals surface area contributed by atoms with E-state index in [4.69, 9.17) is 4.74 Å². The summed E-state index contributed by atoms with van der Waals surface area (Å²) in [6.45, 7) is 1.61. The Bertz CT molecular complexity index is 1200. The van der Waals surface area contributed by atoms with Crippen molar-refractivity contribution in [1.29, 1.82) is 0 Å². The average molecular weight is 445 g/mol. The van der Waals surface area contributed by atoms with Crippen molar-refractivity contribution in [1.82, 2.24) is 10.2 Å². The molecule has 3 aromatic carbocycles. The molecule has 1 N–H and O–H groups in total. The van der Waals surface area contributed by atoms with Crippen LogP contribution in [0, 0.1) is 5.82 Å². The molecule has 0 bridgehead atoms. The van der Waals surface area contributed by atoms with Crippen molar-refractivity contribution in [2.45, 2.75) is 24.9 Å². The first-order valence-corrected chi connectivity index (χ1v) is 11.2. The van der Waals surface area contributed by atoms with Gasteiger partial charge < -0.3 is 15.0 Å². The number of fused-ring (bicyclic) bond motifs is 1. The number of amides is 2. The minimum Gasteiger partial charge on any atom is -0.484 e. The molecule has 0 saturated carbocycles. The van der Waals surface area contributed by atoms with Crippen LogP contribution in [0.1, 0.15) is 46.3 Å². The summed E-state index contributed by atoms with van der Waals surface area (Å²) in [5.41, 5.74) is 3.99. The van der Waals surface area contributed by atoms with Gasteiger partial charge in [0.15, 0.2) is 0 Å². The average Bonchev–Trinajstić information content (AvgIpc) is 3.51. The molecule has 0 radical (unpaired) electrons. The van der Waals surface area contributed by atoms with Crippen LogP contribution in [0.15, 0.2) is 66.7 Å². The Morgan fingerprint density at radius 3 is 2.42 bits per heavy atom. The summed E-state index contributed by atoms with van der Waals surface area (Å²) < 4.78 is 19.6. The molecular weight excluding hydrogens is 419 g/mol. The van der Waals surface area contributed by atoms with E-state index in [9.17, 15) is 14.0 Å². The molecule has 6 heteroatoms. The van der Waals surface area contributed by atoms with Crippen LogP contribution in [0.5, 0.6) is 5.75 Å². The second-order valence-electron chi connectivity index (χ2n) is 8.51. The highest BCUT2D eigenvalue weighted by Crippen LogP contribution is 2.47. The van der Waals surface area contributed by atoms with Crippen LogP contribution in [-0.2, 0) is 4.79 Å². The highest BCUT2D eigenvalue weighted by Gasteiger charge is 2.40. The first kappa shape index (κ1) is 21.2. The highest BCUT2D eigenvalue weighted by atomic mass is 19.1. The molecule has 33 heavy (non-hydrogen) atoms. The minimum absolute atomic E-state index is 0.0541. The summed E-state index contributed by atoms with van der Waals surface area (Å²) in [7, 11) is 1.60. The lowest BCUT2D eigenvalue weighted by molar-refractivity contribution is -0.123. The molecule has 1 saturated heterocycles. The Morgan fingerprint density at radius 1 is 0.970 bits per heavy atom. The number of benzene rings is 3. The molecule has 1 fully saturated rings. The number of carbonyl (C=O) groups excluding carboxylic acids is 2. The van der Waals surface area contributed by atoms with E-state index < -0.39 is 12.0 Å². The summed E-state index contributed by atoms with van der Waals surface area (Å²) >= 11 is 0. The largest absolute Gasteiger partial charge is 0.484 e. The standard InChI is InChI=1S/C27H25FN2O3/c1-29-26(31)24-22-16-19(9-12-23(22)33-25(24)17-7-10-21(28)11-8-17)18-5-4-6-20(15-18)27(32)30-13-2-3-14-30/h4-12,15-16,24-25H,2-3,13-14H2,1H3,(H,29,31). The molecule has 2 heterocycles. The van der Waals surface area contributed by atoms with E-state index in [-0.39, 0.29) is 17.6 Å². The maximum atomic E-state index is 13.4. The maximum absolute atomic E-state index is 13.4. The van der Waals surface area contributed by atoms with Crippen LogP contribution in [0.3, 0.4) is 0 Å². The maximum Gasteiger partial charge on any atom is 0.253 e. The van der Waals surface area contributed by atoms with E-state index in [2.05, 4.69) is 5.32 Å². The van der Waals surface area contributed by atoms with E-state index in [0.717, 1.165) is 48.2 Å². The van der Waals surface area contributed by atoms with Crippen molar-refractivity contribution in [3.63, 3.8) is 0 Å². The zero-order chi connectivity index (χ0) is 22.9. The molecule has 5 rings (SSSR count). The number of hydrogen-bond donors (Lipinski definition) is 1. The number of likely N-dealkylation sites (tertiary alicyclic amines) is 1. The summed E-state index contributed by atoms with van der Waals surface area (Å²) in [4.78, 5) is 27.6. The summed E-state index contributed by atoms with van der Waals surface area (Å²) in [6, 6.07) is 19.4. The van der Waals surface area contributed by atoms with Gasteiger partial charge in [-0.25, -0.2) is 4.39 Å². The molecule has 2 atom stereocenters. The Hall–Kier alpha value is -3.67. The summed E-state index contributed by atoms with van der Waals surface area (Å²) in [5.74, 6) is -0.385. The molecule has 2 aliphatic heterocycles. The second-order valence-corrected chi connectivity index (χ2v) is 8.51. The van der Waals surface area contributed by atoms with Crippen LogP contribution in [0.4, 0.5) is 4.39 Å². The fourth-order valence-corrected chi connectivity index (χ4v) is 4.73. The smallest absolute Gasteiger partial charge is 0.253 e. The summed E-state index contributed by atoms with van der Waals surface area (Å²) in [5, 5.41) is 2.73. The number of halogens is 1. The van der Waals surface area contributed by atoms with E-state index in [1.807, 2.05) is 47.4 Å². The van der Waals surface area contributed by atoms with Gasteiger partial charge in [0, 0.05) is 31.3 Å². The van der Waals surface area contributed by atoms with Crippen molar-refractivity contribution in [2.24, 2.45) is 0 Å². The van der Waals surface area contributed by atoms with Crippen LogP contribution in [0.2, 0.25) is 0 Å². The fourth-order valence-electron chi connectivity index (χ4n) is 4.73. The number of rotatable bonds is 4. The predicted octanol–water partition coefficient (Wildman–Crippen LogP) is 4.69. The lowest BCUT2D eigenvalue weighted by Gasteiger charge is -2.18. The Labute approximate surface area is 192 Å². The molecule has 2 unspecified atom stereocenters. The molecule has 0 aromatic heterocycles. The van der Waals surface area contributed by atoms with Gasteiger partial charge >= 0.3 is 0 Å². The Kier molecular flexibility index (Phi) is 5.58. The molecule has 0 spiro atoms. The SMILES string of the molecule is CNC(=O)C1c2cc(-c3cccc(C(=O)N4CCCC4)c3)ccc2OC1c1ccc(F)cc1. The van der Waals surface area contributed by atoms with Crippen molar-refractivity contribution < 1.29 is 18.7 Å². The van der Waals surface area contributed by atoms with Crippen LogP contribution >= 0.6 is 0 Å². The van der Waals surface area contributed by atoms with Gasteiger partial charge in [0.25, 0.3) is 5.91 Å². The highest BCUT2D eigenvalue weighted by molar-refractivity contribution is 5.95. The van der Waals surface area contributed by atoms with Gasteiger partial charge in [-0.05, 0) is 65.9 Å². The van der Waals surface area contributed by atoms with Gasteiger partial charge in [-0.15, -0.1) is 0 Å². The van der Waals surface area contributed by atoms with Crippen molar-refractivity contribution in [2.75, 3.05) is 20.1 Å². The van der Waals surface area contributed by atoms with Gasteiger partial charge in [0.1, 0.15) is 23.6 Å². The number of nitrogens with one attached hydrogen (secondary N) is 1. The molecule has 2 amide bonds. The van der Waals surface area contributed by atoms with E-state index in [1.54, 1.807) is 19.2 Å². The Balaban J connectivity index is 1.49. The van der Waals surface area contributed by atoms with E-state index >= 15 is 0 Å². The van der Waals surface area contributed by atoms with Crippen molar-refractivity contribution >= 4 is 11.8 Å². The zero-order valence-electron chi connectivity index (χ0n) is 18.4. The minimum atomic E-state index is -0.565. The van der Waals surface area contributed by atoms with E-state index in [1.165, 1.54) is 12.1 Å². The monoisotopic (exact) mass is 444 g/mol. The molecule has 0 aliphatic carbocycles. The van der Waals surface area contributed by atoms with E-state index in [0.29, 0.717) is 11.3 Å². The first-order chi connectivity index (χ1) is 16.0. The molecule has 5 nitrogen and oxygen atoms in total. The van der Waals surface area contributed by atoms with Gasteiger partial charge in [-0.2, -0.15) is 0 Å². The fraction of sp³-hybridized carbons (Fsp3) is 0.259.